The van der Waals surface area contributed by atoms with E-state index in [2.05, 4.69) is 12.2 Å². The highest BCUT2D eigenvalue weighted by molar-refractivity contribution is 6.13. The number of allylic oxidation sites excluding steroid dienone is 4. The van der Waals surface area contributed by atoms with Crippen molar-refractivity contribution in [1.29, 1.82) is 0 Å². The molecule has 0 aliphatic heterocycles. The maximum Gasteiger partial charge on any atom is 0.197 e. The summed E-state index contributed by atoms with van der Waals surface area (Å²) in [6.45, 7) is 1.99. The van der Waals surface area contributed by atoms with Crippen LogP contribution in [0.4, 0.5) is 0 Å². The van der Waals surface area contributed by atoms with Gasteiger partial charge in [-0.2, -0.15) is 5.10 Å². The second kappa shape index (κ2) is 6.96. The fraction of sp³-hybridized carbons (Fsp3) is 0.130. The maximum atomic E-state index is 13.3. The summed E-state index contributed by atoms with van der Waals surface area (Å²) < 4.78 is 1.98. The molecule has 3 heteroatoms. The predicted octanol–water partition coefficient (Wildman–Crippen LogP) is 5.15. The normalized spacial score (nSPS) is 16.0. The highest BCUT2D eigenvalue weighted by Gasteiger charge is 2.25. The molecule has 4 rings (SSSR count). The van der Waals surface area contributed by atoms with Gasteiger partial charge in [-0.3, -0.25) is 9.48 Å². The number of hydrogen-bond donors (Lipinski definition) is 0. The zero-order valence-electron chi connectivity index (χ0n) is 14.7. The Morgan fingerprint density at radius 3 is 2.35 bits per heavy atom. The molecule has 128 valence electrons. The van der Waals surface area contributed by atoms with Crippen molar-refractivity contribution >= 4 is 5.78 Å². The third-order valence-electron chi connectivity index (χ3n) is 4.73. The summed E-state index contributed by atoms with van der Waals surface area (Å²) in [6.07, 6.45) is 9.23. The summed E-state index contributed by atoms with van der Waals surface area (Å²) in [7, 11) is 0. The van der Waals surface area contributed by atoms with Gasteiger partial charge in [0, 0.05) is 16.8 Å². The first-order chi connectivity index (χ1) is 12.8. The summed E-state index contributed by atoms with van der Waals surface area (Å²) in [4.78, 5) is 13.3. The lowest BCUT2D eigenvalue weighted by molar-refractivity contribution is 0.103. The smallest absolute Gasteiger partial charge is 0.197 e. The fourth-order valence-corrected chi connectivity index (χ4v) is 3.39. The Labute approximate surface area is 153 Å². The van der Waals surface area contributed by atoms with Crippen LogP contribution >= 0.6 is 0 Å². The van der Waals surface area contributed by atoms with Gasteiger partial charge in [0.05, 0.1) is 11.6 Å². The fourth-order valence-electron chi connectivity index (χ4n) is 3.39. The van der Waals surface area contributed by atoms with E-state index in [1.165, 1.54) is 0 Å². The number of carbonyl (C=O) groups excluding carboxylic acids is 1. The Hall–Kier alpha value is -3.20. The summed E-state index contributed by atoms with van der Waals surface area (Å²) in [5.74, 6) is 0.0172. The Bertz CT molecular complexity index is 982. The van der Waals surface area contributed by atoms with Crippen LogP contribution in [0.25, 0.3) is 11.3 Å². The molecule has 1 unspecified atom stereocenters. The predicted molar refractivity (Wildman–Crippen MR) is 104 cm³/mol. The summed E-state index contributed by atoms with van der Waals surface area (Å²) in [5, 5.41) is 4.86. The minimum Gasteiger partial charge on any atom is -0.288 e. The summed E-state index contributed by atoms with van der Waals surface area (Å²) >= 11 is 0. The van der Waals surface area contributed by atoms with Crippen molar-refractivity contribution in [2.24, 2.45) is 0 Å². The molecule has 1 atom stereocenters. The topological polar surface area (TPSA) is 34.9 Å². The van der Waals surface area contributed by atoms with Gasteiger partial charge in [-0.05, 0) is 13.3 Å². The van der Waals surface area contributed by atoms with Crippen LogP contribution in [-0.4, -0.2) is 15.6 Å². The molecule has 0 fully saturated rings. The molecule has 0 saturated carbocycles. The molecule has 3 nitrogen and oxygen atoms in total. The van der Waals surface area contributed by atoms with Crippen LogP contribution in [0.15, 0.2) is 85.0 Å². The summed E-state index contributed by atoms with van der Waals surface area (Å²) in [5.41, 5.74) is 3.99. The van der Waals surface area contributed by atoms with Crippen LogP contribution in [-0.2, 0) is 0 Å². The van der Waals surface area contributed by atoms with Crippen LogP contribution in [0.3, 0.4) is 0 Å². The first-order valence-corrected chi connectivity index (χ1v) is 8.83. The second-order valence-electron chi connectivity index (χ2n) is 6.43. The van der Waals surface area contributed by atoms with Gasteiger partial charge in [-0.25, -0.2) is 0 Å². The number of aromatic nitrogens is 2. The van der Waals surface area contributed by atoms with Crippen molar-refractivity contribution in [3.05, 3.63) is 102 Å². The van der Waals surface area contributed by atoms with Gasteiger partial charge in [0.25, 0.3) is 0 Å². The monoisotopic (exact) mass is 340 g/mol. The summed E-state index contributed by atoms with van der Waals surface area (Å²) in [6, 6.07) is 19.5. The van der Waals surface area contributed by atoms with Crippen LogP contribution < -0.4 is 0 Å². The van der Waals surface area contributed by atoms with Crippen LogP contribution in [0.1, 0.15) is 34.1 Å². The van der Waals surface area contributed by atoms with Crippen LogP contribution in [0.2, 0.25) is 0 Å². The maximum absolute atomic E-state index is 13.3. The van der Waals surface area contributed by atoms with E-state index >= 15 is 0 Å². The molecule has 0 bridgehead atoms. The quantitative estimate of drug-likeness (QED) is 0.616. The number of benzene rings is 2. The van der Waals surface area contributed by atoms with Gasteiger partial charge >= 0.3 is 0 Å². The molecule has 0 radical (unpaired) electrons. The van der Waals surface area contributed by atoms with Crippen molar-refractivity contribution in [3.8, 4) is 11.3 Å². The van der Waals surface area contributed by atoms with E-state index in [9.17, 15) is 4.79 Å². The zero-order chi connectivity index (χ0) is 17.9. The first-order valence-electron chi connectivity index (χ1n) is 8.83. The standard InChI is InChI=1S/C23H20N2O/c1-17-21(23(26)19-13-7-3-8-14-19)22(18-11-5-2-6-12-18)24-25(17)20-15-9-4-10-16-20/h2-15,20H,16H2,1H3. The number of carbonyl (C=O) groups is 1. The molecule has 0 spiro atoms. The largest absolute Gasteiger partial charge is 0.288 e. The minimum atomic E-state index is 0.0172. The molecular formula is C23H20N2O. The number of rotatable bonds is 4. The Morgan fingerprint density at radius 1 is 1.00 bits per heavy atom. The van der Waals surface area contributed by atoms with Crippen molar-refractivity contribution < 1.29 is 4.79 Å². The van der Waals surface area contributed by atoms with E-state index in [0.29, 0.717) is 11.1 Å². The minimum absolute atomic E-state index is 0.0172. The molecule has 1 heterocycles. The van der Waals surface area contributed by atoms with E-state index in [1.807, 2.05) is 84.4 Å². The third-order valence-corrected chi connectivity index (χ3v) is 4.73. The van der Waals surface area contributed by atoms with Gasteiger partial charge in [0.2, 0.25) is 0 Å². The van der Waals surface area contributed by atoms with Crippen molar-refractivity contribution in [2.45, 2.75) is 19.4 Å². The molecule has 2 aromatic carbocycles. The number of nitrogens with zero attached hydrogens (tertiary/aromatic N) is 2. The average Bonchev–Trinajstić information content (AvgIpc) is 3.06. The molecule has 26 heavy (non-hydrogen) atoms. The van der Waals surface area contributed by atoms with Gasteiger partial charge in [0.15, 0.2) is 5.78 Å². The van der Waals surface area contributed by atoms with Gasteiger partial charge < -0.3 is 0 Å². The third kappa shape index (κ3) is 2.93. The van der Waals surface area contributed by atoms with E-state index in [0.717, 1.165) is 23.4 Å². The van der Waals surface area contributed by atoms with Crippen molar-refractivity contribution in [2.75, 3.05) is 0 Å². The van der Waals surface area contributed by atoms with E-state index in [1.54, 1.807) is 0 Å². The zero-order valence-corrected chi connectivity index (χ0v) is 14.7. The van der Waals surface area contributed by atoms with Crippen LogP contribution in [0, 0.1) is 6.92 Å². The van der Waals surface area contributed by atoms with Crippen molar-refractivity contribution in [1.82, 2.24) is 9.78 Å². The lowest BCUT2D eigenvalue weighted by Crippen LogP contribution is -2.11. The second-order valence-corrected chi connectivity index (χ2v) is 6.43. The number of ketones is 1. The highest BCUT2D eigenvalue weighted by Crippen LogP contribution is 2.31. The van der Waals surface area contributed by atoms with Gasteiger partial charge in [-0.15, -0.1) is 0 Å². The lowest BCUT2D eigenvalue weighted by atomic mass is 9.98. The molecule has 0 amide bonds. The Morgan fingerprint density at radius 2 is 1.69 bits per heavy atom. The molecule has 3 aromatic rings. The average molecular weight is 340 g/mol. The molecule has 1 aliphatic rings. The Balaban J connectivity index is 1.88. The molecule has 0 N–H and O–H groups in total. The molecule has 1 aliphatic carbocycles. The molecule has 0 saturated heterocycles. The first kappa shape index (κ1) is 16.3. The highest BCUT2D eigenvalue weighted by atomic mass is 16.1. The van der Waals surface area contributed by atoms with E-state index in [-0.39, 0.29) is 11.8 Å². The van der Waals surface area contributed by atoms with E-state index < -0.39 is 0 Å². The van der Waals surface area contributed by atoms with Crippen LogP contribution in [0.5, 0.6) is 0 Å². The SMILES string of the molecule is Cc1c(C(=O)c2ccccc2)c(-c2ccccc2)nn1C1C=CC=CC1. The lowest BCUT2D eigenvalue weighted by Gasteiger charge is -2.15. The number of hydrogen-bond acceptors (Lipinski definition) is 2. The van der Waals surface area contributed by atoms with Crippen molar-refractivity contribution in [3.63, 3.8) is 0 Å². The van der Waals surface area contributed by atoms with Gasteiger partial charge in [-0.1, -0.05) is 85.0 Å². The van der Waals surface area contributed by atoms with Gasteiger partial charge in [0.1, 0.15) is 5.69 Å². The Kier molecular flexibility index (Phi) is 4.36. The van der Waals surface area contributed by atoms with E-state index in [4.69, 9.17) is 5.10 Å². The molecule has 1 aromatic heterocycles. The molecular weight excluding hydrogens is 320 g/mol.